The van der Waals surface area contributed by atoms with Crippen LogP contribution in [0.3, 0.4) is 0 Å². The Labute approximate surface area is 139 Å². The van der Waals surface area contributed by atoms with Gasteiger partial charge in [0.2, 0.25) is 6.41 Å². The van der Waals surface area contributed by atoms with Crippen LogP contribution in [0.1, 0.15) is 5.56 Å². The number of imide groups is 1. The van der Waals surface area contributed by atoms with Crippen molar-refractivity contribution < 1.29 is 19.1 Å². The van der Waals surface area contributed by atoms with Gasteiger partial charge in [-0.1, -0.05) is 12.0 Å². The van der Waals surface area contributed by atoms with Crippen molar-refractivity contribution in [1.82, 2.24) is 0 Å². The fraction of sp³-hybridized carbons (Fsp3) is 0.111. The minimum atomic E-state index is -0.601. The van der Waals surface area contributed by atoms with Crippen molar-refractivity contribution in [2.45, 2.75) is 0 Å². The number of amides is 3. The van der Waals surface area contributed by atoms with Crippen LogP contribution in [0.4, 0.5) is 16.2 Å². The maximum atomic E-state index is 12.4. The Morgan fingerprint density at radius 2 is 1.96 bits per heavy atom. The highest BCUT2D eigenvalue weighted by Gasteiger charge is 2.19. The molecule has 24 heavy (non-hydrogen) atoms. The number of nitrogens with zero attached hydrogens (tertiary/aromatic N) is 1. The topological polar surface area (TPSA) is 67.9 Å². The van der Waals surface area contributed by atoms with Crippen LogP contribution in [-0.4, -0.2) is 25.7 Å². The van der Waals surface area contributed by atoms with Crippen LogP contribution in [-0.2, 0) is 4.79 Å². The molecule has 1 N–H and O–H groups in total. The number of ether oxygens (including phenoxy) is 2. The van der Waals surface area contributed by atoms with Gasteiger partial charge in [-0.2, -0.15) is 0 Å². The number of fused-ring (bicyclic) bond motifs is 1. The Bertz CT molecular complexity index is 826. The number of rotatable bonds is 3. The first-order valence-corrected chi connectivity index (χ1v) is 7.23. The Balaban J connectivity index is 1.81. The Morgan fingerprint density at radius 3 is 2.71 bits per heavy atom. The smallest absolute Gasteiger partial charge is 0.332 e. The maximum absolute atomic E-state index is 12.4. The largest absolute Gasteiger partial charge is 0.486 e. The normalized spacial score (nSPS) is 12.0. The van der Waals surface area contributed by atoms with E-state index < -0.39 is 6.03 Å². The molecule has 0 saturated carbocycles. The quantitative estimate of drug-likeness (QED) is 0.697. The molecule has 0 aromatic heterocycles. The van der Waals surface area contributed by atoms with Gasteiger partial charge in [-0.05, 0) is 30.3 Å². The highest BCUT2D eigenvalue weighted by atomic mass is 16.6. The third-order valence-corrected chi connectivity index (χ3v) is 3.41. The zero-order chi connectivity index (χ0) is 16.9. The molecule has 120 valence electrons. The van der Waals surface area contributed by atoms with Gasteiger partial charge < -0.3 is 14.8 Å². The summed E-state index contributed by atoms with van der Waals surface area (Å²) in [5.41, 5.74) is 1.50. The van der Waals surface area contributed by atoms with E-state index in [9.17, 15) is 9.59 Å². The number of carbonyl (C=O) groups excluding carboxylic acids is 2. The predicted octanol–water partition coefficient (Wildman–Crippen LogP) is 2.63. The van der Waals surface area contributed by atoms with Crippen LogP contribution in [0.15, 0.2) is 42.5 Å². The number of hydrogen-bond acceptors (Lipinski definition) is 4. The number of anilines is 2. The minimum Gasteiger partial charge on any atom is -0.486 e. The van der Waals surface area contributed by atoms with Gasteiger partial charge in [0.15, 0.2) is 11.5 Å². The lowest BCUT2D eigenvalue weighted by Gasteiger charge is -2.21. The van der Waals surface area contributed by atoms with E-state index in [1.54, 1.807) is 42.5 Å². The molecule has 1 aliphatic rings. The molecule has 1 heterocycles. The Hall–Kier alpha value is -3.46. The molecule has 6 heteroatoms. The van der Waals surface area contributed by atoms with Crippen molar-refractivity contribution in [2.75, 3.05) is 23.4 Å². The van der Waals surface area contributed by atoms with Gasteiger partial charge >= 0.3 is 6.03 Å². The average molecular weight is 322 g/mol. The SMILES string of the molecule is C#Cc1cccc(NC(=O)N(C=O)c2ccc3c(c2)OCCO3)c1. The average Bonchev–Trinajstić information content (AvgIpc) is 2.62. The predicted molar refractivity (Wildman–Crippen MR) is 89.4 cm³/mol. The summed E-state index contributed by atoms with van der Waals surface area (Å²) in [7, 11) is 0. The van der Waals surface area contributed by atoms with Gasteiger partial charge in [0.25, 0.3) is 0 Å². The highest BCUT2D eigenvalue weighted by molar-refractivity contribution is 6.12. The zero-order valence-corrected chi connectivity index (χ0v) is 12.7. The van der Waals surface area contributed by atoms with Crippen LogP contribution in [0, 0.1) is 12.3 Å². The van der Waals surface area contributed by atoms with Gasteiger partial charge in [0.1, 0.15) is 13.2 Å². The van der Waals surface area contributed by atoms with Crippen molar-refractivity contribution in [2.24, 2.45) is 0 Å². The molecule has 1 aliphatic heterocycles. The lowest BCUT2D eigenvalue weighted by Crippen LogP contribution is -2.33. The summed E-state index contributed by atoms with van der Waals surface area (Å²) < 4.78 is 10.9. The van der Waals surface area contributed by atoms with Crippen molar-refractivity contribution in [3.8, 4) is 23.8 Å². The van der Waals surface area contributed by atoms with Crippen molar-refractivity contribution in [1.29, 1.82) is 0 Å². The van der Waals surface area contributed by atoms with Gasteiger partial charge in [-0.3, -0.25) is 4.79 Å². The highest BCUT2D eigenvalue weighted by Crippen LogP contribution is 2.33. The maximum Gasteiger partial charge on any atom is 0.332 e. The monoisotopic (exact) mass is 322 g/mol. The standard InChI is InChI=1S/C18H14N2O4/c1-2-13-4-3-5-14(10-13)19-18(22)20(12-21)15-6-7-16-17(11-15)24-9-8-23-16/h1,3-7,10-12H,8-9H2,(H,19,22). The van der Waals surface area contributed by atoms with Crippen molar-refractivity contribution >= 4 is 23.8 Å². The summed E-state index contributed by atoms with van der Waals surface area (Å²) in [6.07, 6.45) is 5.77. The molecule has 3 amide bonds. The lowest BCUT2D eigenvalue weighted by molar-refractivity contribution is -0.106. The lowest BCUT2D eigenvalue weighted by atomic mass is 10.2. The summed E-state index contributed by atoms with van der Waals surface area (Å²) in [5.74, 6) is 3.56. The second-order valence-corrected chi connectivity index (χ2v) is 4.96. The fourth-order valence-corrected chi connectivity index (χ4v) is 2.28. The van der Waals surface area contributed by atoms with E-state index >= 15 is 0 Å². The molecule has 2 aromatic rings. The molecule has 0 unspecified atom stereocenters. The summed E-state index contributed by atoms with van der Waals surface area (Å²) in [6.45, 7) is 0.887. The molecule has 3 rings (SSSR count). The minimum absolute atomic E-state index is 0.375. The van der Waals surface area contributed by atoms with E-state index in [1.807, 2.05) is 0 Å². The van der Waals surface area contributed by atoms with Crippen LogP contribution >= 0.6 is 0 Å². The molecule has 0 aliphatic carbocycles. The van der Waals surface area contributed by atoms with Gasteiger partial charge in [0.05, 0.1) is 5.69 Å². The van der Waals surface area contributed by atoms with E-state index in [0.717, 1.165) is 4.90 Å². The second kappa shape index (κ2) is 6.75. The Kier molecular flexibility index (Phi) is 4.34. The van der Waals surface area contributed by atoms with Crippen molar-refractivity contribution in [3.05, 3.63) is 48.0 Å². The number of terminal acetylenes is 1. The fourth-order valence-electron chi connectivity index (χ4n) is 2.28. The molecule has 0 atom stereocenters. The van der Waals surface area contributed by atoms with Crippen LogP contribution in [0.2, 0.25) is 0 Å². The number of nitrogens with one attached hydrogen (secondary N) is 1. The van der Waals surface area contributed by atoms with E-state index in [0.29, 0.717) is 48.1 Å². The third kappa shape index (κ3) is 3.15. The van der Waals surface area contributed by atoms with Crippen molar-refractivity contribution in [3.63, 3.8) is 0 Å². The Morgan fingerprint density at radius 1 is 1.17 bits per heavy atom. The number of urea groups is 1. The first kappa shape index (κ1) is 15.4. The first-order chi connectivity index (χ1) is 11.7. The number of hydrogen-bond donors (Lipinski definition) is 1. The summed E-state index contributed by atoms with van der Waals surface area (Å²) in [4.78, 5) is 24.7. The van der Waals surface area contributed by atoms with Crippen LogP contribution in [0.25, 0.3) is 0 Å². The van der Waals surface area contributed by atoms with Gasteiger partial charge in [-0.25, -0.2) is 9.69 Å². The molecule has 2 aromatic carbocycles. The van der Waals surface area contributed by atoms with Crippen LogP contribution in [0.5, 0.6) is 11.5 Å². The summed E-state index contributed by atoms with van der Waals surface area (Å²) in [5, 5.41) is 2.63. The number of carbonyl (C=O) groups is 2. The van der Waals surface area contributed by atoms with E-state index in [1.165, 1.54) is 0 Å². The second-order valence-electron chi connectivity index (χ2n) is 4.96. The van der Waals surface area contributed by atoms with Gasteiger partial charge in [0, 0.05) is 17.3 Å². The van der Waals surface area contributed by atoms with E-state index in [2.05, 4.69) is 11.2 Å². The summed E-state index contributed by atoms with van der Waals surface area (Å²) in [6, 6.07) is 11.0. The first-order valence-electron chi connectivity index (χ1n) is 7.23. The molecular formula is C18H14N2O4. The molecule has 0 radical (unpaired) electrons. The van der Waals surface area contributed by atoms with E-state index in [4.69, 9.17) is 15.9 Å². The van der Waals surface area contributed by atoms with Crippen LogP contribution < -0.4 is 19.7 Å². The molecule has 6 nitrogen and oxygen atoms in total. The molecule has 0 spiro atoms. The zero-order valence-electron chi connectivity index (χ0n) is 12.7. The molecule has 0 saturated heterocycles. The molecular weight excluding hydrogens is 308 g/mol. The molecule has 0 bridgehead atoms. The van der Waals surface area contributed by atoms with E-state index in [-0.39, 0.29) is 0 Å². The summed E-state index contributed by atoms with van der Waals surface area (Å²) >= 11 is 0. The van der Waals surface area contributed by atoms with Gasteiger partial charge in [-0.15, -0.1) is 6.42 Å². The third-order valence-electron chi connectivity index (χ3n) is 3.41. The molecule has 0 fully saturated rings. The number of benzene rings is 2.